The van der Waals surface area contributed by atoms with Crippen LogP contribution in [0.2, 0.25) is 0 Å². The molecule has 6 heterocycles. The SMILES string of the molecule is CC(=O)OCC1=C[C@@H]2OC(=O)C3=CO[C@@H](O[C@@H]4O[C@H](CO)[C@@H](O)[C@H](O)[C@H]4O)[C@H]1[C@@H]32.CC(=O)OCC1=C[C@@H]2OC(=O)C3=CO[C@@H](O[C@@H]4O[C@H](CO)[C@@H](O)[C@H](O)[C@H]4O)[C@H]1[C@@H]32.O.O. The molecule has 2 aliphatic carbocycles. The molecule has 0 aromatic heterocycles. The van der Waals surface area contributed by atoms with Crippen molar-refractivity contribution in [2.75, 3.05) is 26.4 Å². The third-order valence-electron chi connectivity index (χ3n) is 11.1. The maximum absolute atomic E-state index is 12.0. The maximum Gasteiger partial charge on any atom is 0.338 e. The van der Waals surface area contributed by atoms with Gasteiger partial charge in [-0.3, -0.25) is 9.59 Å². The second kappa shape index (κ2) is 18.9. The van der Waals surface area contributed by atoms with Crippen molar-refractivity contribution in [3.8, 4) is 0 Å². The van der Waals surface area contributed by atoms with Crippen molar-refractivity contribution >= 4 is 23.9 Å². The fourth-order valence-corrected chi connectivity index (χ4v) is 8.24. The van der Waals surface area contributed by atoms with Gasteiger partial charge < -0.3 is 99.2 Å². The minimum absolute atomic E-state index is 0. The van der Waals surface area contributed by atoms with E-state index in [2.05, 4.69) is 0 Å². The predicted octanol–water partition coefficient (Wildman–Crippen LogP) is -6.24. The van der Waals surface area contributed by atoms with Gasteiger partial charge in [0, 0.05) is 25.7 Å². The monoisotopic (exact) mass is 864 g/mol. The van der Waals surface area contributed by atoms with E-state index in [1.807, 2.05) is 0 Å². The van der Waals surface area contributed by atoms with Crippen molar-refractivity contribution in [3.63, 3.8) is 0 Å². The van der Waals surface area contributed by atoms with Crippen LogP contribution in [0.4, 0.5) is 0 Å². The van der Waals surface area contributed by atoms with E-state index in [-0.39, 0.29) is 24.2 Å². The first-order valence-corrected chi connectivity index (χ1v) is 18.4. The zero-order valence-electron chi connectivity index (χ0n) is 31.8. The van der Waals surface area contributed by atoms with Crippen molar-refractivity contribution in [1.82, 2.24) is 0 Å². The summed E-state index contributed by atoms with van der Waals surface area (Å²) in [6, 6.07) is 0. The van der Waals surface area contributed by atoms with E-state index in [9.17, 15) is 60.0 Å². The molecule has 12 N–H and O–H groups in total. The number of ether oxygens (including phenoxy) is 10. The normalized spacial score (nSPS) is 41.6. The molecular formula is C36H48O24. The zero-order valence-corrected chi connectivity index (χ0v) is 31.8. The van der Waals surface area contributed by atoms with Gasteiger partial charge in [-0.2, -0.15) is 0 Å². The van der Waals surface area contributed by atoms with Crippen molar-refractivity contribution in [2.45, 2.75) is 100 Å². The smallest absolute Gasteiger partial charge is 0.338 e. The van der Waals surface area contributed by atoms with Crippen LogP contribution in [0.5, 0.6) is 0 Å². The number of rotatable bonds is 10. The van der Waals surface area contributed by atoms with Crippen LogP contribution in [0.3, 0.4) is 0 Å². The Kier molecular flexibility index (Phi) is 14.8. The number of aliphatic hydroxyl groups is 8. The van der Waals surface area contributed by atoms with Crippen LogP contribution in [0.15, 0.2) is 47.0 Å². The molecular weight excluding hydrogens is 816 g/mol. The molecule has 0 aromatic rings. The zero-order chi connectivity index (χ0) is 41.7. The Morgan fingerprint density at radius 3 is 1.27 bits per heavy atom. The van der Waals surface area contributed by atoms with Crippen LogP contribution < -0.4 is 0 Å². The van der Waals surface area contributed by atoms with Gasteiger partial charge in [-0.25, -0.2) is 9.59 Å². The highest BCUT2D eigenvalue weighted by molar-refractivity contribution is 5.93. The Hall–Kier alpha value is -4.12. The van der Waals surface area contributed by atoms with Gasteiger partial charge in [-0.05, 0) is 23.3 Å². The number of carbonyl (C=O) groups excluding carboxylic acids is 4. The molecule has 60 heavy (non-hydrogen) atoms. The lowest BCUT2D eigenvalue weighted by Crippen LogP contribution is -2.60. The number of hydrogen-bond donors (Lipinski definition) is 8. The van der Waals surface area contributed by atoms with Crippen molar-refractivity contribution < 1.29 is 118 Å². The van der Waals surface area contributed by atoms with Crippen LogP contribution in [-0.4, -0.2) is 188 Å². The average molecular weight is 865 g/mol. The minimum atomic E-state index is -1.61. The van der Waals surface area contributed by atoms with Gasteiger partial charge in [0.05, 0.1) is 48.7 Å². The van der Waals surface area contributed by atoms with E-state index < -0.39 is 147 Å². The van der Waals surface area contributed by atoms with E-state index in [1.165, 1.54) is 26.4 Å². The van der Waals surface area contributed by atoms with Gasteiger partial charge in [0.15, 0.2) is 12.6 Å². The number of carbonyl (C=O) groups is 4. The number of aliphatic hydroxyl groups excluding tert-OH is 8. The molecule has 0 radical (unpaired) electrons. The van der Waals surface area contributed by atoms with E-state index >= 15 is 0 Å². The summed E-state index contributed by atoms with van der Waals surface area (Å²) in [5.41, 5.74) is 1.87. The summed E-state index contributed by atoms with van der Waals surface area (Å²) in [6.45, 7) is 1.20. The van der Waals surface area contributed by atoms with Gasteiger partial charge in [-0.1, -0.05) is 0 Å². The maximum atomic E-state index is 12.0. The van der Waals surface area contributed by atoms with Crippen molar-refractivity contribution in [1.29, 1.82) is 0 Å². The van der Waals surface area contributed by atoms with E-state index in [0.29, 0.717) is 22.3 Å². The Labute approximate surface area is 339 Å². The van der Waals surface area contributed by atoms with Crippen molar-refractivity contribution in [3.05, 3.63) is 47.0 Å². The topological polar surface area (TPSA) is 385 Å². The average Bonchev–Trinajstić information content (AvgIpc) is 3.93. The summed E-state index contributed by atoms with van der Waals surface area (Å²) in [5.74, 6) is -3.99. The van der Waals surface area contributed by atoms with E-state index in [1.54, 1.807) is 12.2 Å². The van der Waals surface area contributed by atoms with E-state index in [0.717, 1.165) is 0 Å². The lowest BCUT2D eigenvalue weighted by Gasteiger charge is -2.42. The fourth-order valence-electron chi connectivity index (χ4n) is 8.24. The Morgan fingerprint density at radius 1 is 0.567 bits per heavy atom. The van der Waals surface area contributed by atoms with Crippen LogP contribution in [0, 0.1) is 23.7 Å². The highest BCUT2D eigenvalue weighted by atomic mass is 16.8. The molecule has 336 valence electrons. The molecule has 0 aromatic carbocycles. The third kappa shape index (κ3) is 8.66. The molecule has 0 spiro atoms. The van der Waals surface area contributed by atoms with Gasteiger partial charge in [-0.15, -0.1) is 0 Å². The fraction of sp³-hybridized carbons (Fsp3) is 0.667. The van der Waals surface area contributed by atoms with Crippen LogP contribution in [0.25, 0.3) is 0 Å². The molecule has 24 heteroatoms. The summed E-state index contributed by atoms with van der Waals surface area (Å²) < 4.78 is 54.1. The molecule has 0 amide bonds. The first kappa shape index (κ1) is 46.9. The summed E-state index contributed by atoms with van der Waals surface area (Å²) in [7, 11) is 0. The molecule has 4 saturated heterocycles. The lowest BCUT2D eigenvalue weighted by atomic mass is 9.84. The largest absolute Gasteiger partial charge is 0.471 e. The Balaban J connectivity index is 0.000000220. The standard InChI is InChI=1S/2C18H22O11.2H2O/c2*1-6(20)25-4-7-2-9-12-8(16(24)27-9)5-26-17(11(7)12)29-18-15(23)14(22)13(21)10(3-19)28-18;;/h2*2,5,9-15,17-19,21-23H,3-4H2,1H3;2*1H2/t2*9-,10+,11+,12-,13+,14-,15+,17-,18-;;/m00../s1. The second-order valence-corrected chi connectivity index (χ2v) is 14.7. The number of esters is 4. The first-order valence-electron chi connectivity index (χ1n) is 18.4. The number of hydrogen-bond acceptors (Lipinski definition) is 22. The van der Waals surface area contributed by atoms with E-state index in [4.69, 9.17) is 47.4 Å². The molecule has 18 atom stereocenters. The molecule has 0 unspecified atom stereocenters. The highest BCUT2D eigenvalue weighted by Gasteiger charge is 2.58. The van der Waals surface area contributed by atoms with Crippen LogP contribution >= 0.6 is 0 Å². The van der Waals surface area contributed by atoms with Gasteiger partial charge in [0.2, 0.25) is 12.6 Å². The first-order chi connectivity index (χ1) is 27.6. The Bertz CT molecular complexity index is 1610. The molecule has 0 saturated carbocycles. The minimum Gasteiger partial charge on any atom is -0.471 e. The molecule has 8 aliphatic rings. The third-order valence-corrected chi connectivity index (χ3v) is 11.1. The molecule has 24 nitrogen and oxygen atoms in total. The van der Waals surface area contributed by atoms with Crippen molar-refractivity contribution in [2.24, 2.45) is 23.7 Å². The van der Waals surface area contributed by atoms with Crippen LogP contribution in [0.1, 0.15) is 13.8 Å². The van der Waals surface area contributed by atoms with Gasteiger partial charge >= 0.3 is 23.9 Å². The summed E-state index contributed by atoms with van der Waals surface area (Å²) in [4.78, 5) is 46.4. The van der Waals surface area contributed by atoms with Gasteiger partial charge in [0.1, 0.15) is 74.3 Å². The predicted molar refractivity (Wildman–Crippen MR) is 186 cm³/mol. The Morgan fingerprint density at radius 2 is 0.933 bits per heavy atom. The molecule has 0 bridgehead atoms. The molecule has 4 fully saturated rings. The highest BCUT2D eigenvalue weighted by Crippen LogP contribution is 2.50. The summed E-state index contributed by atoms with van der Waals surface area (Å²) in [5, 5.41) is 78.8. The summed E-state index contributed by atoms with van der Waals surface area (Å²) >= 11 is 0. The van der Waals surface area contributed by atoms with Crippen LogP contribution in [-0.2, 0) is 66.5 Å². The molecule has 6 aliphatic heterocycles. The lowest BCUT2D eigenvalue weighted by molar-refractivity contribution is -0.339. The molecule has 8 rings (SSSR count). The second-order valence-electron chi connectivity index (χ2n) is 14.7. The quantitative estimate of drug-likeness (QED) is 0.0575. The van der Waals surface area contributed by atoms with Gasteiger partial charge in [0.25, 0.3) is 0 Å². The summed E-state index contributed by atoms with van der Waals surface area (Å²) in [6.07, 6.45) is -12.1.